The number of thioether (sulfide) groups is 1. The van der Waals surface area contributed by atoms with Gasteiger partial charge in [0.15, 0.2) is 0 Å². The molecule has 2 rings (SSSR count). The first-order valence-corrected chi connectivity index (χ1v) is 8.70. The Morgan fingerprint density at radius 2 is 1.94 bits per heavy atom. The molecule has 3 unspecified atom stereocenters. The highest BCUT2D eigenvalue weighted by Crippen LogP contribution is 2.35. The van der Waals surface area contributed by atoms with E-state index in [0.29, 0.717) is 0 Å². The Labute approximate surface area is 112 Å². The summed E-state index contributed by atoms with van der Waals surface area (Å²) in [5.74, 6) is 5.74. The van der Waals surface area contributed by atoms with Crippen LogP contribution in [0.25, 0.3) is 0 Å². The lowest BCUT2D eigenvalue weighted by Crippen LogP contribution is -2.38. The minimum Gasteiger partial charge on any atom is -0.317 e. The molecule has 0 aromatic carbocycles. The molecular weight excluding hydrogens is 226 g/mol. The van der Waals surface area contributed by atoms with E-state index in [-0.39, 0.29) is 0 Å². The first-order chi connectivity index (χ1) is 8.29. The Morgan fingerprint density at radius 1 is 1.18 bits per heavy atom. The van der Waals surface area contributed by atoms with Gasteiger partial charge in [0.2, 0.25) is 0 Å². The molecule has 3 atom stereocenters. The fourth-order valence-corrected chi connectivity index (χ4v) is 4.94. The molecule has 0 radical (unpaired) electrons. The highest BCUT2D eigenvalue weighted by molar-refractivity contribution is 7.99. The molecule has 1 aliphatic carbocycles. The van der Waals surface area contributed by atoms with Crippen molar-refractivity contribution in [3.8, 4) is 0 Å². The van der Waals surface area contributed by atoms with Crippen LogP contribution < -0.4 is 5.32 Å². The molecule has 2 heteroatoms. The zero-order valence-corrected chi connectivity index (χ0v) is 12.4. The average molecular weight is 255 g/mol. The van der Waals surface area contributed by atoms with E-state index >= 15 is 0 Å². The molecule has 0 aromatic heterocycles. The van der Waals surface area contributed by atoms with E-state index < -0.39 is 0 Å². The van der Waals surface area contributed by atoms with E-state index in [1.807, 2.05) is 0 Å². The third kappa shape index (κ3) is 4.17. The molecule has 0 bridgehead atoms. The maximum absolute atomic E-state index is 3.63. The summed E-state index contributed by atoms with van der Waals surface area (Å²) in [6.07, 6.45) is 10.2. The van der Waals surface area contributed by atoms with Gasteiger partial charge in [-0.2, -0.15) is 11.8 Å². The molecule has 2 aliphatic rings. The van der Waals surface area contributed by atoms with Gasteiger partial charge in [-0.25, -0.2) is 0 Å². The Kier molecular flexibility index (Phi) is 5.68. The van der Waals surface area contributed by atoms with Crippen LogP contribution in [0, 0.1) is 17.8 Å². The van der Waals surface area contributed by atoms with Crippen LogP contribution in [0.2, 0.25) is 0 Å². The maximum Gasteiger partial charge on any atom is 0.00950 e. The van der Waals surface area contributed by atoms with Crippen molar-refractivity contribution in [3.63, 3.8) is 0 Å². The van der Waals surface area contributed by atoms with Gasteiger partial charge < -0.3 is 5.32 Å². The molecule has 1 saturated heterocycles. The minimum atomic E-state index is 0.797. The molecule has 1 aliphatic heterocycles. The third-order valence-electron chi connectivity index (χ3n) is 4.84. The summed E-state index contributed by atoms with van der Waals surface area (Å²) >= 11 is 2.15. The topological polar surface area (TPSA) is 12.0 Å². The molecule has 1 heterocycles. The van der Waals surface area contributed by atoms with Gasteiger partial charge in [0.25, 0.3) is 0 Å². The van der Waals surface area contributed by atoms with Crippen LogP contribution in [0.4, 0.5) is 0 Å². The first-order valence-electron chi connectivity index (χ1n) is 7.54. The van der Waals surface area contributed by atoms with Crippen LogP contribution in [0.5, 0.6) is 0 Å². The molecular formula is C15H29NS. The van der Waals surface area contributed by atoms with Crippen molar-refractivity contribution in [1.29, 1.82) is 0 Å². The Morgan fingerprint density at radius 3 is 2.59 bits per heavy atom. The smallest absolute Gasteiger partial charge is 0.00950 e. The summed E-state index contributed by atoms with van der Waals surface area (Å²) < 4.78 is 0. The van der Waals surface area contributed by atoms with Gasteiger partial charge in [-0.15, -0.1) is 0 Å². The summed E-state index contributed by atoms with van der Waals surface area (Å²) in [5.41, 5.74) is 0. The first kappa shape index (κ1) is 13.7. The number of hydrogen-bond acceptors (Lipinski definition) is 2. The molecule has 0 aromatic rings. The zero-order valence-electron chi connectivity index (χ0n) is 11.6. The van der Waals surface area contributed by atoms with Crippen molar-refractivity contribution in [2.75, 3.05) is 18.6 Å². The van der Waals surface area contributed by atoms with Crippen molar-refractivity contribution < 1.29 is 0 Å². The third-order valence-corrected chi connectivity index (χ3v) is 5.89. The van der Waals surface area contributed by atoms with Crippen LogP contribution in [0.1, 0.15) is 51.9 Å². The van der Waals surface area contributed by atoms with Gasteiger partial charge in [0.05, 0.1) is 0 Å². The van der Waals surface area contributed by atoms with Crippen molar-refractivity contribution in [2.24, 2.45) is 17.8 Å². The van der Waals surface area contributed by atoms with E-state index in [1.165, 1.54) is 56.5 Å². The second-order valence-electron chi connectivity index (χ2n) is 6.22. The summed E-state index contributed by atoms with van der Waals surface area (Å²) in [6.45, 7) is 2.44. The van der Waals surface area contributed by atoms with Crippen LogP contribution in [0.15, 0.2) is 0 Å². The van der Waals surface area contributed by atoms with E-state index in [2.05, 4.69) is 31.1 Å². The van der Waals surface area contributed by atoms with Crippen LogP contribution >= 0.6 is 11.8 Å². The maximum atomic E-state index is 3.63. The van der Waals surface area contributed by atoms with Crippen molar-refractivity contribution in [2.45, 2.75) is 57.9 Å². The molecule has 1 nitrogen and oxygen atoms in total. The quantitative estimate of drug-likeness (QED) is 0.817. The summed E-state index contributed by atoms with van der Waals surface area (Å²) in [5, 5.41) is 3.63. The normalized spacial score (nSPS) is 33.5. The van der Waals surface area contributed by atoms with Gasteiger partial charge in [-0.3, -0.25) is 0 Å². The summed E-state index contributed by atoms with van der Waals surface area (Å²) in [7, 11) is 2.18. The van der Waals surface area contributed by atoms with E-state index in [9.17, 15) is 0 Å². The van der Waals surface area contributed by atoms with Gasteiger partial charge in [-0.05, 0) is 68.4 Å². The lowest BCUT2D eigenvalue weighted by Gasteiger charge is -2.35. The number of nitrogens with one attached hydrogen (secondary N) is 1. The average Bonchev–Trinajstić information content (AvgIpc) is 2.37. The molecule has 1 N–H and O–H groups in total. The lowest BCUT2D eigenvalue weighted by atomic mass is 9.76. The Balaban J connectivity index is 1.82. The molecule has 0 spiro atoms. The highest BCUT2D eigenvalue weighted by atomic mass is 32.2. The molecule has 1 saturated carbocycles. The van der Waals surface area contributed by atoms with E-state index in [1.54, 1.807) is 0 Å². The molecule has 0 amide bonds. The fraction of sp³-hybridized carbons (Fsp3) is 1.00. The van der Waals surface area contributed by atoms with Crippen LogP contribution in [-0.2, 0) is 0 Å². The van der Waals surface area contributed by atoms with Crippen LogP contribution in [-0.4, -0.2) is 24.6 Å². The molecule has 17 heavy (non-hydrogen) atoms. The second kappa shape index (κ2) is 7.04. The molecule has 2 fully saturated rings. The van der Waals surface area contributed by atoms with E-state index in [0.717, 1.165) is 23.8 Å². The number of hydrogen-bond donors (Lipinski definition) is 1. The van der Waals surface area contributed by atoms with E-state index in [4.69, 9.17) is 0 Å². The van der Waals surface area contributed by atoms with Crippen LogP contribution in [0.3, 0.4) is 0 Å². The predicted molar refractivity (Wildman–Crippen MR) is 78.6 cm³/mol. The Bertz CT molecular complexity index is 213. The zero-order chi connectivity index (χ0) is 12.1. The minimum absolute atomic E-state index is 0.797. The van der Waals surface area contributed by atoms with Crippen molar-refractivity contribution in [1.82, 2.24) is 5.32 Å². The molecule has 100 valence electrons. The Hall–Kier alpha value is 0.310. The monoisotopic (exact) mass is 255 g/mol. The van der Waals surface area contributed by atoms with Crippen molar-refractivity contribution >= 4 is 11.8 Å². The standard InChI is InChI=1S/C15H29NS/c1-12-4-3-5-14(10-12)15(16-2)11-13-6-8-17-9-7-13/h12-16H,3-11H2,1-2H3. The van der Waals surface area contributed by atoms with Crippen molar-refractivity contribution in [3.05, 3.63) is 0 Å². The predicted octanol–water partition coefficient (Wildman–Crippen LogP) is 3.93. The number of rotatable bonds is 4. The van der Waals surface area contributed by atoms with Gasteiger partial charge >= 0.3 is 0 Å². The summed E-state index contributed by atoms with van der Waals surface area (Å²) in [6, 6.07) is 0.797. The largest absolute Gasteiger partial charge is 0.317 e. The van der Waals surface area contributed by atoms with Gasteiger partial charge in [0.1, 0.15) is 0 Å². The second-order valence-corrected chi connectivity index (χ2v) is 7.44. The van der Waals surface area contributed by atoms with Gasteiger partial charge in [0, 0.05) is 6.04 Å². The van der Waals surface area contributed by atoms with Gasteiger partial charge in [-0.1, -0.05) is 19.8 Å². The fourth-order valence-electron chi connectivity index (χ4n) is 3.73. The summed E-state index contributed by atoms with van der Waals surface area (Å²) in [4.78, 5) is 0. The SMILES string of the molecule is CNC(CC1CCSCC1)C1CCCC(C)C1. The highest BCUT2D eigenvalue weighted by Gasteiger charge is 2.28. The lowest BCUT2D eigenvalue weighted by molar-refractivity contribution is 0.202.